The Morgan fingerprint density at radius 3 is 2.08 bits per heavy atom. The van der Waals surface area contributed by atoms with Gasteiger partial charge in [-0.25, -0.2) is 9.78 Å². The molecule has 1 N–H and O–H groups in total. The van der Waals surface area contributed by atoms with Crippen molar-refractivity contribution < 1.29 is 58.7 Å². The smallest absolute Gasteiger partial charge is 0.435 e. The van der Waals surface area contributed by atoms with Gasteiger partial charge in [-0.3, -0.25) is 4.79 Å². The number of amides is 1. The number of alkyl halides is 9. The predicted octanol–water partition coefficient (Wildman–Crippen LogP) is 5.06. The molecule has 0 aliphatic carbocycles. The van der Waals surface area contributed by atoms with Crippen molar-refractivity contribution in [3.63, 3.8) is 0 Å². The molecule has 0 fully saturated rings. The number of benzene rings is 1. The minimum Gasteiger partial charge on any atom is -0.465 e. The predicted molar refractivity (Wildman–Crippen MR) is 102 cm³/mol. The van der Waals surface area contributed by atoms with Gasteiger partial charge in [0.2, 0.25) is 6.41 Å². The highest BCUT2D eigenvalue weighted by molar-refractivity contribution is 6.03. The Bertz CT molecular complexity index is 1190. The van der Waals surface area contributed by atoms with E-state index < -0.39 is 70.4 Å². The molecule has 1 aromatic carbocycles. The van der Waals surface area contributed by atoms with Crippen molar-refractivity contribution in [2.24, 2.45) is 5.16 Å². The zero-order chi connectivity index (χ0) is 27.1. The molecule has 0 spiro atoms. The van der Waals surface area contributed by atoms with Crippen LogP contribution in [0.15, 0.2) is 35.5 Å². The number of nitrogens with one attached hydrogen (secondary N) is 1. The number of hydrogen-bond donors (Lipinski definition) is 1. The molecule has 0 saturated carbocycles. The SMILES string of the molecule is COC(=O)c1ccc(C2=NOC(c3cc(C(F)(F)F)cc(C(F)(F)F)c3)(C(F)(F)F)C2)nc1NC=O. The van der Waals surface area contributed by atoms with Gasteiger partial charge in [0.15, 0.2) is 0 Å². The second kappa shape index (κ2) is 8.98. The number of ether oxygens (including phenoxy) is 1. The van der Waals surface area contributed by atoms with Gasteiger partial charge in [-0.15, -0.1) is 0 Å². The van der Waals surface area contributed by atoms with Gasteiger partial charge in [-0.1, -0.05) is 5.16 Å². The van der Waals surface area contributed by atoms with E-state index in [1.54, 1.807) is 0 Å². The van der Waals surface area contributed by atoms with Crippen molar-refractivity contribution in [1.82, 2.24) is 4.98 Å². The van der Waals surface area contributed by atoms with Crippen LogP contribution in [-0.4, -0.2) is 36.4 Å². The van der Waals surface area contributed by atoms with Gasteiger partial charge in [0, 0.05) is 5.56 Å². The second-order valence-corrected chi connectivity index (χ2v) is 7.27. The number of hydrogen-bond acceptors (Lipinski definition) is 6. The average molecular weight is 529 g/mol. The molecule has 3 rings (SSSR count). The third-order valence-corrected chi connectivity index (χ3v) is 5.03. The highest BCUT2D eigenvalue weighted by Crippen LogP contribution is 2.50. The fraction of sp³-hybridized carbons (Fsp3) is 0.300. The van der Waals surface area contributed by atoms with Crippen LogP contribution in [-0.2, 0) is 32.3 Å². The number of nitrogens with zero attached hydrogens (tertiary/aromatic N) is 2. The van der Waals surface area contributed by atoms with E-state index >= 15 is 0 Å². The molecular formula is C20H12F9N3O4. The molecule has 2 aromatic rings. The summed E-state index contributed by atoms with van der Waals surface area (Å²) in [6.45, 7) is 0. The maximum atomic E-state index is 14.2. The van der Waals surface area contributed by atoms with Crippen LogP contribution in [0.4, 0.5) is 45.3 Å². The highest BCUT2D eigenvalue weighted by Gasteiger charge is 2.63. The number of oxime groups is 1. The Kier molecular flexibility index (Phi) is 6.67. The fourth-order valence-corrected chi connectivity index (χ4v) is 3.29. The van der Waals surface area contributed by atoms with Crippen LogP contribution in [0, 0.1) is 0 Å². The van der Waals surface area contributed by atoms with Crippen LogP contribution in [0.3, 0.4) is 0 Å². The molecule has 0 bridgehead atoms. The third-order valence-electron chi connectivity index (χ3n) is 5.03. The van der Waals surface area contributed by atoms with Crippen LogP contribution in [0.1, 0.15) is 39.2 Å². The largest absolute Gasteiger partial charge is 0.465 e. The van der Waals surface area contributed by atoms with Gasteiger partial charge >= 0.3 is 24.5 Å². The summed E-state index contributed by atoms with van der Waals surface area (Å²) in [7, 11) is 0.998. The number of carbonyl (C=O) groups excluding carboxylic acids is 2. The third kappa shape index (κ3) is 4.92. The minimum atomic E-state index is -5.54. The van der Waals surface area contributed by atoms with Crippen molar-refractivity contribution in [2.75, 3.05) is 12.4 Å². The first kappa shape index (κ1) is 26.7. The fourth-order valence-electron chi connectivity index (χ4n) is 3.29. The Balaban J connectivity index is 2.14. The summed E-state index contributed by atoms with van der Waals surface area (Å²) in [5, 5.41) is 5.25. The molecule has 1 unspecified atom stereocenters. The Morgan fingerprint density at radius 1 is 1.03 bits per heavy atom. The highest BCUT2D eigenvalue weighted by atomic mass is 19.4. The lowest BCUT2D eigenvalue weighted by Crippen LogP contribution is -2.43. The van der Waals surface area contributed by atoms with Gasteiger partial charge < -0.3 is 14.9 Å². The number of halogens is 9. The minimum absolute atomic E-state index is 0.0901. The molecule has 0 saturated heterocycles. The molecule has 0 radical (unpaired) electrons. The zero-order valence-corrected chi connectivity index (χ0v) is 17.6. The quantitative estimate of drug-likeness (QED) is 0.333. The summed E-state index contributed by atoms with van der Waals surface area (Å²) in [5.74, 6) is -1.43. The first-order valence-electron chi connectivity index (χ1n) is 9.45. The van der Waals surface area contributed by atoms with E-state index in [1.807, 2.05) is 5.32 Å². The average Bonchev–Trinajstić information content (AvgIpc) is 3.24. The lowest BCUT2D eigenvalue weighted by molar-refractivity contribution is -0.276. The number of aromatic nitrogens is 1. The zero-order valence-electron chi connectivity index (χ0n) is 17.6. The lowest BCUT2D eigenvalue weighted by Gasteiger charge is -2.30. The van der Waals surface area contributed by atoms with Crippen molar-refractivity contribution >= 4 is 23.9 Å². The van der Waals surface area contributed by atoms with Gasteiger partial charge in [-0.2, -0.15) is 39.5 Å². The standard InChI is InChI=1S/C20H12F9N3O4/c1-35-16(34)12-2-3-13(31-15(12)30-8-33)14-7-17(36-32-14,20(27,28)29)9-4-10(18(21,22)23)6-11(5-9)19(24,25)26/h2-6,8H,7H2,1H3,(H,30,31,33). The van der Waals surface area contributed by atoms with E-state index in [0.717, 1.165) is 19.2 Å². The maximum Gasteiger partial charge on any atom is 0.435 e. The molecule has 1 aromatic heterocycles. The molecule has 7 nitrogen and oxygen atoms in total. The van der Waals surface area contributed by atoms with E-state index in [9.17, 15) is 49.1 Å². The molecule has 1 atom stereocenters. The molecule has 2 heterocycles. The molecule has 16 heteroatoms. The number of anilines is 1. The van der Waals surface area contributed by atoms with Crippen molar-refractivity contribution in [3.05, 3.63) is 58.3 Å². The molecule has 1 aliphatic heterocycles. The molecule has 1 amide bonds. The van der Waals surface area contributed by atoms with Crippen LogP contribution in [0.25, 0.3) is 0 Å². The van der Waals surface area contributed by atoms with E-state index in [4.69, 9.17) is 0 Å². The normalized spacial score (nSPS) is 18.3. The van der Waals surface area contributed by atoms with Crippen molar-refractivity contribution in [1.29, 1.82) is 0 Å². The molecular weight excluding hydrogens is 517 g/mol. The van der Waals surface area contributed by atoms with E-state index in [1.165, 1.54) is 0 Å². The maximum absolute atomic E-state index is 14.2. The van der Waals surface area contributed by atoms with Gasteiger partial charge in [-0.05, 0) is 30.3 Å². The summed E-state index contributed by atoms with van der Waals surface area (Å²) in [6, 6.07) is 1.45. The summed E-state index contributed by atoms with van der Waals surface area (Å²) in [4.78, 5) is 30.9. The topological polar surface area (TPSA) is 89.9 Å². The number of rotatable bonds is 5. The van der Waals surface area contributed by atoms with Gasteiger partial charge in [0.1, 0.15) is 17.1 Å². The summed E-state index contributed by atoms with van der Waals surface area (Å²) in [6.07, 6.45) is -17.6. The first-order chi connectivity index (χ1) is 16.5. The number of methoxy groups -OCH3 is 1. The van der Waals surface area contributed by atoms with Crippen LogP contribution in [0.5, 0.6) is 0 Å². The van der Waals surface area contributed by atoms with Crippen molar-refractivity contribution in [2.45, 2.75) is 30.6 Å². The first-order valence-corrected chi connectivity index (χ1v) is 9.45. The van der Waals surface area contributed by atoms with Crippen molar-refractivity contribution in [3.8, 4) is 0 Å². The Labute approximate surface area is 194 Å². The monoisotopic (exact) mass is 529 g/mol. The molecule has 36 heavy (non-hydrogen) atoms. The van der Waals surface area contributed by atoms with Crippen LogP contribution in [0.2, 0.25) is 0 Å². The van der Waals surface area contributed by atoms with Gasteiger partial charge in [0.25, 0.3) is 5.60 Å². The lowest BCUT2D eigenvalue weighted by atomic mass is 9.85. The molecule has 194 valence electrons. The molecule has 1 aliphatic rings. The summed E-state index contributed by atoms with van der Waals surface area (Å²) >= 11 is 0. The number of carbonyl (C=O) groups is 2. The number of pyridine rings is 1. The van der Waals surface area contributed by atoms with E-state index in [0.29, 0.717) is 0 Å². The van der Waals surface area contributed by atoms with Crippen LogP contribution >= 0.6 is 0 Å². The second-order valence-electron chi connectivity index (χ2n) is 7.27. The Hall–Kier alpha value is -3.85. The van der Waals surface area contributed by atoms with E-state index in [2.05, 4.69) is 19.7 Å². The number of esters is 1. The summed E-state index contributed by atoms with van der Waals surface area (Å²) < 4.78 is 126. The van der Waals surface area contributed by atoms with E-state index in [-0.39, 0.29) is 30.2 Å². The Morgan fingerprint density at radius 2 is 1.61 bits per heavy atom. The van der Waals surface area contributed by atoms with Crippen LogP contribution < -0.4 is 5.32 Å². The van der Waals surface area contributed by atoms with Gasteiger partial charge in [0.05, 0.1) is 30.4 Å². The summed E-state index contributed by atoms with van der Waals surface area (Å²) in [5.41, 5.74) is -10.5.